The van der Waals surface area contributed by atoms with E-state index in [1.165, 1.54) is 5.56 Å². The molecular weight excluding hydrogens is 762 g/mol. The van der Waals surface area contributed by atoms with Gasteiger partial charge in [-0.15, -0.1) is 0 Å². The number of aliphatic hydroxyl groups is 1. The number of halogens is 1. The number of rotatable bonds is 20. The first-order valence-corrected chi connectivity index (χ1v) is 22.0. The van der Waals surface area contributed by atoms with Crippen LogP contribution in [0.3, 0.4) is 0 Å². The fraction of sp³-hybridized carbons (Fsp3) is 0.523. The van der Waals surface area contributed by atoms with Gasteiger partial charge in [-0.3, -0.25) is 9.59 Å². The second-order valence-corrected chi connectivity index (χ2v) is 19.0. The van der Waals surface area contributed by atoms with Gasteiger partial charge in [0.25, 0.3) is 5.91 Å². The Morgan fingerprint density at radius 1 is 0.895 bits per heavy atom. The summed E-state index contributed by atoms with van der Waals surface area (Å²) >= 11 is 6.56. The summed E-state index contributed by atoms with van der Waals surface area (Å²) in [5.74, 6) is -0.480. The van der Waals surface area contributed by atoms with Gasteiger partial charge in [0.05, 0.1) is 22.7 Å². The molecule has 3 aromatic rings. The number of benzene rings is 3. The highest BCUT2D eigenvalue weighted by Gasteiger charge is 2.32. The monoisotopic (exact) mass is 825 g/mol. The number of sulfonamides is 1. The first kappa shape index (κ1) is 47.4. The highest BCUT2D eigenvalue weighted by atomic mass is 35.5. The zero-order valence-corrected chi connectivity index (χ0v) is 37.4. The van der Waals surface area contributed by atoms with Crippen LogP contribution in [0.2, 0.25) is 5.02 Å². The Bertz CT molecular complexity index is 1990. The maximum atomic E-state index is 13.8. The predicted molar refractivity (Wildman–Crippen MR) is 236 cm³/mol. The van der Waals surface area contributed by atoms with Crippen molar-refractivity contribution in [3.8, 4) is 5.75 Å². The van der Waals surface area contributed by atoms with Gasteiger partial charge in [0.15, 0.2) is 17.7 Å². The lowest BCUT2D eigenvalue weighted by molar-refractivity contribution is -0.121. The number of carbonyl (C=O) groups is 2. The second-order valence-electron chi connectivity index (χ2n) is 16.8. The molecule has 0 radical (unpaired) electrons. The fourth-order valence-electron chi connectivity index (χ4n) is 5.93. The van der Waals surface area contributed by atoms with Gasteiger partial charge in [-0.05, 0) is 91.1 Å². The summed E-state index contributed by atoms with van der Waals surface area (Å²) in [4.78, 5) is 33.9. The molecule has 0 bridgehead atoms. The third-order valence-corrected chi connectivity index (χ3v) is 11.6. The van der Waals surface area contributed by atoms with Crippen molar-refractivity contribution in [1.82, 2.24) is 4.72 Å². The summed E-state index contributed by atoms with van der Waals surface area (Å²) < 4.78 is 32.0. The number of likely N-dealkylation sites (N-methyl/N-ethyl adjacent to an activating group) is 1. The zero-order valence-electron chi connectivity index (χ0n) is 35.8. The molecule has 3 aromatic carbocycles. The Morgan fingerprint density at radius 2 is 1.53 bits per heavy atom. The Labute approximate surface area is 346 Å². The van der Waals surface area contributed by atoms with Crippen LogP contribution in [0.25, 0.3) is 0 Å². The van der Waals surface area contributed by atoms with E-state index in [0.29, 0.717) is 30.9 Å². The van der Waals surface area contributed by atoms with Crippen molar-refractivity contribution in [2.24, 2.45) is 10.4 Å². The van der Waals surface area contributed by atoms with Crippen LogP contribution in [-0.4, -0.2) is 69.1 Å². The third kappa shape index (κ3) is 13.3. The van der Waals surface area contributed by atoms with E-state index < -0.39 is 39.5 Å². The number of carbonyl (C=O) groups excluding carboxylic acids is 2. The molecule has 1 amide bonds. The van der Waals surface area contributed by atoms with Crippen molar-refractivity contribution in [1.29, 1.82) is 0 Å². The van der Waals surface area contributed by atoms with Crippen LogP contribution in [0.15, 0.2) is 65.7 Å². The maximum absolute atomic E-state index is 13.8. The first-order chi connectivity index (χ1) is 26.5. The van der Waals surface area contributed by atoms with E-state index in [4.69, 9.17) is 16.3 Å². The topological polar surface area (TPSA) is 149 Å². The summed E-state index contributed by atoms with van der Waals surface area (Å²) in [6, 6.07) is 18.2. The van der Waals surface area contributed by atoms with Gasteiger partial charge >= 0.3 is 0 Å². The summed E-state index contributed by atoms with van der Waals surface area (Å²) in [5.41, 5.74) is 2.86. The quantitative estimate of drug-likeness (QED) is 0.0501. The summed E-state index contributed by atoms with van der Waals surface area (Å²) in [6.07, 6.45) is 1.79. The molecule has 0 fully saturated rings. The van der Waals surface area contributed by atoms with Crippen LogP contribution in [0, 0.1) is 5.41 Å². The van der Waals surface area contributed by atoms with Crippen LogP contribution in [0.5, 0.6) is 5.75 Å². The van der Waals surface area contributed by atoms with E-state index in [0.717, 1.165) is 36.1 Å². The molecule has 2 unspecified atom stereocenters. The van der Waals surface area contributed by atoms with Crippen molar-refractivity contribution in [3.63, 3.8) is 0 Å². The number of ketones is 1. The largest absolute Gasteiger partial charge is 0.485 e. The molecule has 0 saturated carbocycles. The van der Waals surface area contributed by atoms with Crippen molar-refractivity contribution in [2.45, 2.75) is 119 Å². The number of aliphatic hydroxyl groups excluding tert-OH is 1. The number of Topliss-reactive ketones (excluding diaryl/α,β-unsaturated/α-hetero) is 1. The van der Waals surface area contributed by atoms with Crippen molar-refractivity contribution < 1.29 is 27.9 Å². The van der Waals surface area contributed by atoms with Crippen LogP contribution in [-0.2, 0) is 30.4 Å². The molecular formula is C44H64ClN5O6S. The molecule has 0 aliphatic carbocycles. The van der Waals surface area contributed by atoms with E-state index in [9.17, 15) is 23.1 Å². The lowest BCUT2D eigenvalue weighted by Gasteiger charge is -2.32. The number of nitrogens with one attached hydrogen (secondary N) is 3. The van der Waals surface area contributed by atoms with Crippen molar-refractivity contribution in [2.75, 3.05) is 41.4 Å². The summed E-state index contributed by atoms with van der Waals surface area (Å²) in [6.45, 7) is 23.6. The molecule has 13 heteroatoms. The smallest absolute Gasteiger partial charge is 0.278 e. The van der Waals surface area contributed by atoms with Gasteiger partial charge in [0.1, 0.15) is 11.9 Å². The van der Waals surface area contributed by atoms with Crippen LogP contribution in [0.1, 0.15) is 107 Å². The number of hydrogen-bond donors (Lipinski definition) is 4. The Hall–Kier alpha value is -3.97. The molecule has 314 valence electrons. The van der Waals surface area contributed by atoms with Gasteiger partial charge in [0.2, 0.25) is 10.0 Å². The average molecular weight is 827 g/mol. The zero-order chi connectivity index (χ0) is 42.9. The minimum atomic E-state index is -3.31. The molecule has 0 spiro atoms. The molecule has 0 aliphatic rings. The molecule has 0 saturated heterocycles. The van der Waals surface area contributed by atoms with Crippen LogP contribution < -0.4 is 25.0 Å². The lowest BCUT2D eigenvalue weighted by atomic mass is 9.76. The molecule has 3 rings (SSSR count). The summed E-state index contributed by atoms with van der Waals surface area (Å²) in [7, 11) is -3.31. The molecule has 57 heavy (non-hydrogen) atoms. The highest BCUT2D eigenvalue weighted by molar-refractivity contribution is 7.88. The van der Waals surface area contributed by atoms with Crippen LogP contribution >= 0.6 is 11.6 Å². The number of nitrogens with zero attached hydrogens (tertiary/aromatic N) is 2. The molecule has 4 N–H and O–H groups in total. The predicted octanol–water partition coefficient (Wildman–Crippen LogP) is 9.01. The lowest BCUT2D eigenvalue weighted by Crippen LogP contribution is -2.38. The van der Waals surface area contributed by atoms with Gasteiger partial charge in [0, 0.05) is 42.0 Å². The van der Waals surface area contributed by atoms with E-state index in [2.05, 4.69) is 74.0 Å². The second kappa shape index (κ2) is 19.7. The van der Waals surface area contributed by atoms with E-state index in [1.807, 2.05) is 24.8 Å². The number of anilines is 3. The normalized spacial score (nSPS) is 13.8. The maximum Gasteiger partial charge on any atom is 0.278 e. The van der Waals surface area contributed by atoms with Crippen molar-refractivity contribution in [3.05, 3.63) is 76.8 Å². The van der Waals surface area contributed by atoms with Gasteiger partial charge in [-0.1, -0.05) is 93.0 Å². The van der Waals surface area contributed by atoms with Gasteiger partial charge < -0.3 is 25.4 Å². The number of ether oxygens (including phenoxy) is 1. The SMILES string of the molecule is CCC(Oc1ccc(C(C)(C)CC)cc1C(C)(C)CC)C(O)Nc1ccc(Cl)c(NC(=O)C(=Nc2ccc(N(CC)CCNS(C)(=O)=O)cc2)C(=O)C(C)(C)C)c1. The molecule has 2 atom stereocenters. The highest BCUT2D eigenvalue weighted by Crippen LogP contribution is 2.39. The van der Waals surface area contributed by atoms with Gasteiger partial charge in [-0.25, -0.2) is 18.1 Å². The van der Waals surface area contributed by atoms with E-state index in [-0.39, 0.29) is 33.8 Å². The molecule has 0 aromatic heterocycles. The minimum absolute atomic E-state index is 0.00248. The Kier molecular flexibility index (Phi) is 16.3. The minimum Gasteiger partial charge on any atom is -0.485 e. The number of amides is 1. The number of aliphatic imine (C=N–C) groups is 1. The number of hydrogen-bond acceptors (Lipinski definition) is 9. The Balaban J connectivity index is 1.87. The van der Waals surface area contributed by atoms with Gasteiger partial charge in [-0.2, -0.15) is 0 Å². The molecule has 0 heterocycles. The van der Waals surface area contributed by atoms with Crippen molar-refractivity contribution >= 4 is 61.8 Å². The Morgan fingerprint density at radius 3 is 2.07 bits per heavy atom. The molecule has 11 nitrogen and oxygen atoms in total. The van der Waals surface area contributed by atoms with E-state index >= 15 is 0 Å². The van der Waals surface area contributed by atoms with Crippen LogP contribution in [0.4, 0.5) is 22.7 Å². The molecule has 0 aliphatic heterocycles. The summed E-state index contributed by atoms with van der Waals surface area (Å²) in [5, 5.41) is 17.6. The fourth-order valence-corrected chi connectivity index (χ4v) is 6.56. The first-order valence-electron chi connectivity index (χ1n) is 19.8. The van der Waals surface area contributed by atoms with E-state index in [1.54, 1.807) is 63.2 Å². The average Bonchev–Trinajstić information content (AvgIpc) is 3.15. The third-order valence-electron chi connectivity index (χ3n) is 10.5. The standard InChI is InChI=1S/C44H64ClN5O6S/c1-13-36(56-37-24-17-29(43(8,9)14-2)27-33(37)44(10,11)15-3)40(52)48-31-20-23-34(45)35(28-31)49-41(53)38(39(51)42(5,6)7)47-30-18-21-32(22-19-30)50(16-4)26-25-46-57(12,54)55/h17-24,27-28,36,40,46,48,52H,13-16,25-26H2,1-12H3,(H,49,53).